The molecule has 0 N–H and O–H groups in total. The largest absolute Gasteiger partial charge is 0.339 e. The summed E-state index contributed by atoms with van der Waals surface area (Å²) in [7, 11) is 0. The van der Waals surface area contributed by atoms with Crippen molar-refractivity contribution in [2.75, 3.05) is 32.7 Å². The van der Waals surface area contributed by atoms with Gasteiger partial charge in [0.05, 0.1) is 0 Å². The van der Waals surface area contributed by atoms with Gasteiger partial charge >= 0.3 is 0 Å². The average Bonchev–Trinajstić information content (AvgIpc) is 3.35. The molecule has 1 aromatic carbocycles. The van der Waals surface area contributed by atoms with Crippen LogP contribution in [0.2, 0.25) is 0 Å². The number of nitrogens with zero attached hydrogens (tertiary/aromatic N) is 3. The van der Waals surface area contributed by atoms with Crippen molar-refractivity contribution in [3.05, 3.63) is 42.0 Å². The number of fused-ring (bicyclic) bond motifs is 1. The Morgan fingerprint density at radius 1 is 0.931 bits per heavy atom. The molecule has 0 bridgehead atoms. The molecule has 0 unspecified atom stereocenters. The molecular weight excluding hydrogens is 366 g/mol. The van der Waals surface area contributed by atoms with Gasteiger partial charge in [-0.25, -0.2) is 0 Å². The Hall–Kier alpha value is -2.63. The summed E-state index contributed by atoms with van der Waals surface area (Å²) >= 11 is 0. The molecule has 6 heteroatoms. The lowest BCUT2D eigenvalue weighted by molar-refractivity contribution is -0.139. The molecule has 3 aliphatic rings. The lowest BCUT2D eigenvalue weighted by atomic mass is 10.0. The van der Waals surface area contributed by atoms with Crippen molar-refractivity contribution in [3.63, 3.8) is 0 Å². The zero-order valence-corrected chi connectivity index (χ0v) is 16.9. The highest BCUT2D eigenvalue weighted by atomic mass is 16.2. The summed E-state index contributed by atoms with van der Waals surface area (Å²) in [6, 6.07) is 7.31. The summed E-state index contributed by atoms with van der Waals surface area (Å²) < 4.78 is 0. The molecule has 2 aliphatic heterocycles. The van der Waals surface area contributed by atoms with Crippen LogP contribution in [0.1, 0.15) is 54.4 Å². The molecule has 0 atom stereocenters. The molecule has 29 heavy (non-hydrogen) atoms. The summed E-state index contributed by atoms with van der Waals surface area (Å²) in [5.74, 6) is 0.671. The van der Waals surface area contributed by atoms with Gasteiger partial charge in [0.2, 0.25) is 11.8 Å². The van der Waals surface area contributed by atoms with Gasteiger partial charge in [-0.1, -0.05) is 50.5 Å². The number of benzene rings is 1. The van der Waals surface area contributed by atoms with Gasteiger partial charge in [0, 0.05) is 49.4 Å². The Morgan fingerprint density at radius 2 is 1.52 bits per heavy atom. The normalized spacial score (nSPS) is 19.8. The minimum Gasteiger partial charge on any atom is -0.339 e. The summed E-state index contributed by atoms with van der Waals surface area (Å²) in [6.45, 7) is 6.19. The van der Waals surface area contributed by atoms with Crippen molar-refractivity contribution in [3.8, 4) is 0 Å². The fourth-order valence-corrected chi connectivity index (χ4v) is 4.73. The molecule has 4 rings (SSSR count). The van der Waals surface area contributed by atoms with Crippen molar-refractivity contribution in [2.45, 2.75) is 38.5 Å². The highest BCUT2D eigenvalue weighted by Gasteiger charge is 2.34. The maximum Gasteiger partial charge on any atom is 0.259 e. The Morgan fingerprint density at radius 3 is 2.14 bits per heavy atom. The van der Waals surface area contributed by atoms with Gasteiger partial charge in [-0.15, -0.1) is 0 Å². The summed E-state index contributed by atoms with van der Waals surface area (Å²) in [5.41, 5.74) is 1.98. The molecule has 1 aromatic rings. The topological polar surface area (TPSA) is 60.9 Å². The van der Waals surface area contributed by atoms with Gasteiger partial charge in [-0.2, -0.15) is 0 Å². The molecule has 0 spiro atoms. The first-order chi connectivity index (χ1) is 14.0. The predicted molar refractivity (Wildman–Crippen MR) is 111 cm³/mol. The van der Waals surface area contributed by atoms with Crippen molar-refractivity contribution >= 4 is 23.4 Å². The minimum absolute atomic E-state index is 0.00196. The third kappa shape index (κ3) is 4.07. The Balaban J connectivity index is 1.26. The fourth-order valence-electron chi connectivity index (χ4n) is 4.73. The lowest BCUT2D eigenvalue weighted by Gasteiger charge is -2.35. The van der Waals surface area contributed by atoms with E-state index in [-0.39, 0.29) is 24.3 Å². The van der Waals surface area contributed by atoms with Crippen LogP contribution in [0, 0.1) is 5.92 Å². The Kier molecular flexibility index (Phi) is 5.69. The first-order valence-corrected chi connectivity index (χ1v) is 10.7. The fraction of sp³-hybridized carbons (Fsp3) is 0.522. The zero-order valence-electron chi connectivity index (χ0n) is 16.9. The predicted octanol–water partition coefficient (Wildman–Crippen LogP) is 2.75. The van der Waals surface area contributed by atoms with Crippen LogP contribution in [0.25, 0.3) is 5.70 Å². The van der Waals surface area contributed by atoms with Crippen molar-refractivity contribution < 1.29 is 14.4 Å². The Bertz CT molecular complexity index is 785. The molecule has 0 aromatic heterocycles. The van der Waals surface area contributed by atoms with Crippen LogP contribution in [-0.2, 0) is 9.59 Å². The summed E-state index contributed by atoms with van der Waals surface area (Å²) in [4.78, 5) is 42.9. The van der Waals surface area contributed by atoms with Crippen molar-refractivity contribution in [2.24, 2.45) is 5.92 Å². The van der Waals surface area contributed by atoms with Crippen LogP contribution >= 0.6 is 0 Å². The minimum atomic E-state index is -0.167. The number of hydrogen-bond acceptors (Lipinski definition) is 3. The van der Waals surface area contributed by atoms with Crippen LogP contribution in [0.5, 0.6) is 0 Å². The van der Waals surface area contributed by atoms with Gasteiger partial charge < -0.3 is 9.80 Å². The smallest absolute Gasteiger partial charge is 0.259 e. The second kappa shape index (κ2) is 8.39. The number of hydrogen-bond donors (Lipinski definition) is 0. The highest BCUT2D eigenvalue weighted by molar-refractivity contribution is 6.10. The van der Waals surface area contributed by atoms with Gasteiger partial charge in [0.15, 0.2) is 0 Å². The third-order valence-corrected chi connectivity index (χ3v) is 6.56. The van der Waals surface area contributed by atoms with E-state index in [1.807, 2.05) is 23.1 Å². The van der Waals surface area contributed by atoms with Gasteiger partial charge in [0.25, 0.3) is 5.91 Å². The molecular formula is C23H29N3O3. The van der Waals surface area contributed by atoms with E-state index in [0.29, 0.717) is 43.9 Å². The molecule has 1 aliphatic carbocycles. The molecule has 154 valence electrons. The molecule has 1 saturated heterocycles. The van der Waals surface area contributed by atoms with Gasteiger partial charge in [-0.05, 0) is 18.4 Å². The lowest BCUT2D eigenvalue weighted by Crippen LogP contribution is -2.52. The Labute approximate surface area is 172 Å². The van der Waals surface area contributed by atoms with Crippen LogP contribution < -0.4 is 0 Å². The second-order valence-corrected chi connectivity index (χ2v) is 8.33. The number of piperazine rings is 1. The van der Waals surface area contributed by atoms with E-state index >= 15 is 0 Å². The third-order valence-electron chi connectivity index (χ3n) is 6.56. The number of rotatable bonds is 5. The first-order valence-electron chi connectivity index (χ1n) is 10.7. The van der Waals surface area contributed by atoms with Crippen LogP contribution in [0.15, 0.2) is 30.8 Å². The molecule has 6 nitrogen and oxygen atoms in total. The van der Waals surface area contributed by atoms with Crippen LogP contribution in [0.4, 0.5) is 0 Å². The summed E-state index contributed by atoms with van der Waals surface area (Å²) in [5, 5.41) is 0. The SMILES string of the molecule is C=C1c2ccccc2C(=O)N1CC(=O)N1CCN(C(=O)CCC2CCCC2)CC1. The van der Waals surface area contributed by atoms with E-state index in [1.165, 1.54) is 30.6 Å². The van der Waals surface area contributed by atoms with Crippen LogP contribution in [-0.4, -0.2) is 65.1 Å². The van der Waals surface area contributed by atoms with E-state index < -0.39 is 0 Å². The number of carbonyl (C=O) groups excluding carboxylic acids is 3. The first kappa shape index (κ1) is 19.7. The monoisotopic (exact) mass is 395 g/mol. The molecule has 2 fully saturated rings. The summed E-state index contributed by atoms with van der Waals surface area (Å²) in [6.07, 6.45) is 6.75. The van der Waals surface area contributed by atoms with Gasteiger partial charge in [-0.3, -0.25) is 19.3 Å². The molecule has 0 radical (unpaired) electrons. The van der Waals surface area contributed by atoms with E-state index in [9.17, 15) is 14.4 Å². The van der Waals surface area contributed by atoms with E-state index in [2.05, 4.69) is 6.58 Å². The van der Waals surface area contributed by atoms with E-state index in [4.69, 9.17) is 0 Å². The van der Waals surface area contributed by atoms with Gasteiger partial charge in [0.1, 0.15) is 6.54 Å². The van der Waals surface area contributed by atoms with Crippen molar-refractivity contribution in [1.82, 2.24) is 14.7 Å². The van der Waals surface area contributed by atoms with E-state index in [0.717, 1.165) is 17.9 Å². The quantitative estimate of drug-likeness (QED) is 0.770. The maximum atomic E-state index is 12.8. The van der Waals surface area contributed by atoms with Crippen molar-refractivity contribution in [1.29, 1.82) is 0 Å². The second-order valence-electron chi connectivity index (χ2n) is 8.33. The average molecular weight is 396 g/mol. The zero-order chi connectivity index (χ0) is 20.4. The highest BCUT2D eigenvalue weighted by Crippen LogP contribution is 2.31. The molecule has 1 saturated carbocycles. The number of carbonyl (C=O) groups is 3. The van der Waals surface area contributed by atoms with E-state index in [1.54, 1.807) is 11.0 Å². The maximum absolute atomic E-state index is 12.8. The molecule has 2 heterocycles. The van der Waals surface area contributed by atoms with Crippen LogP contribution in [0.3, 0.4) is 0 Å². The molecule has 3 amide bonds. The number of amides is 3. The standard InChI is InChI=1S/C23H29N3O3/c1-17-19-8-4-5-9-20(19)23(29)26(17)16-22(28)25-14-12-24(13-15-25)21(27)11-10-18-6-2-3-7-18/h4-5,8-9,18H,1-3,6-7,10-16H2.